The number of carbonyl (C=O) groups is 1. The Bertz CT molecular complexity index is 641. The predicted molar refractivity (Wildman–Crippen MR) is 81.5 cm³/mol. The molecule has 1 saturated carbocycles. The Balaban J connectivity index is 2.17. The number of hydrogen-bond acceptors (Lipinski definition) is 3. The summed E-state index contributed by atoms with van der Waals surface area (Å²) in [5.41, 5.74) is 0.511. The summed E-state index contributed by atoms with van der Waals surface area (Å²) in [5, 5.41) is 2.87. The van der Waals surface area contributed by atoms with E-state index in [1.807, 2.05) is 0 Å². The van der Waals surface area contributed by atoms with Crippen molar-refractivity contribution in [3.8, 4) is 0 Å². The van der Waals surface area contributed by atoms with Crippen molar-refractivity contribution in [3.63, 3.8) is 0 Å². The number of hydrogen-bond donors (Lipinski definition) is 1. The molecule has 0 saturated heterocycles. The highest BCUT2D eigenvalue weighted by atomic mass is 79.9. The van der Waals surface area contributed by atoms with Gasteiger partial charge in [-0.3, -0.25) is 4.79 Å². The first-order valence-corrected chi connectivity index (χ1v) is 9.40. The molecule has 1 aromatic carbocycles. The molecular weight excluding hydrogens is 366 g/mol. The Morgan fingerprint density at radius 2 is 2.10 bits per heavy atom. The topological polar surface area (TPSA) is 63.2 Å². The molecule has 0 heterocycles. The summed E-state index contributed by atoms with van der Waals surface area (Å²) in [5.74, 6) is -0.293. The molecule has 1 amide bonds. The Kier molecular flexibility index (Phi) is 4.47. The first kappa shape index (κ1) is 15.8. The second kappa shape index (κ2) is 5.66. The molecule has 1 N–H and O–H groups in total. The van der Waals surface area contributed by atoms with Crippen molar-refractivity contribution in [3.05, 3.63) is 28.2 Å². The van der Waals surface area contributed by atoms with Crippen molar-refractivity contribution in [2.75, 3.05) is 6.54 Å². The molecule has 1 aromatic rings. The van der Waals surface area contributed by atoms with Crippen LogP contribution < -0.4 is 5.32 Å². The molecule has 1 fully saturated rings. The number of amides is 1. The van der Waals surface area contributed by atoms with Gasteiger partial charge in [0.2, 0.25) is 0 Å². The Morgan fingerprint density at radius 3 is 2.60 bits per heavy atom. The van der Waals surface area contributed by atoms with Gasteiger partial charge in [0.25, 0.3) is 15.0 Å². The average molecular weight is 381 g/mol. The molecule has 0 radical (unpaired) electrons. The van der Waals surface area contributed by atoms with E-state index < -0.39 is 9.05 Å². The lowest BCUT2D eigenvalue weighted by molar-refractivity contribution is 0.0943. The fourth-order valence-corrected chi connectivity index (χ4v) is 3.23. The molecule has 0 aliphatic heterocycles. The molecule has 20 heavy (non-hydrogen) atoms. The lowest BCUT2D eigenvalue weighted by Gasteiger charge is -2.14. The summed E-state index contributed by atoms with van der Waals surface area (Å²) in [6.45, 7) is 2.72. The van der Waals surface area contributed by atoms with Gasteiger partial charge in [-0.1, -0.05) is 6.92 Å². The third-order valence-electron chi connectivity index (χ3n) is 3.80. The van der Waals surface area contributed by atoms with Crippen molar-refractivity contribution in [1.82, 2.24) is 5.32 Å². The van der Waals surface area contributed by atoms with Crippen LogP contribution in [0.25, 0.3) is 0 Å². The first-order valence-electron chi connectivity index (χ1n) is 6.30. The lowest BCUT2D eigenvalue weighted by Crippen LogP contribution is -2.30. The van der Waals surface area contributed by atoms with E-state index in [0.717, 1.165) is 19.3 Å². The molecule has 1 aliphatic carbocycles. The zero-order valence-electron chi connectivity index (χ0n) is 10.9. The van der Waals surface area contributed by atoms with Gasteiger partial charge in [-0.15, -0.1) is 0 Å². The van der Waals surface area contributed by atoms with E-state index in [2.05, 4.69) is 28.2 Å². The van der Waals surface area contributed by atoms with E-state index >= 15 is 0 Å². The summed E-state index contributed by atoms with van der Waals surface area (Å²) in [6, 6.07) is 4.15. The zero-order chi connectivity index (χ0) is 15.0. The van der Waals surface area contributed by atoms with Gasteiger partial charge in [-0.2, -0.15) is 0 Å². The highest BCUT2D eigenvalue weighted by Gasteiger charge is 2.40. The van der Waals surface area contributed by atoms with E-state index in [1.165, 1.54) is 18.2 Å². The number of nitrogens with one attached hydrogen (secondary N) is 1. The van der Waals surface area contributed by atoms with Crippen LogP contribution in [-0.4, -0.2) is 20.9 Å². The maximum Gasteiger partial charge on any atom is 0.261 e. The Labute approximate surface area is 131 Å². The maximum absolute atomic E-state index is 12.2. The van der Waals surface area contributed by atoms with Gasteiger partial charge >= 0.3 is 0 Å². The van der Waals surface area contributed by atoms with Crippen LogP contribution in [-0.2, 0) is 9.05 Å². The minimum Gasteiger partial charge on any atom is -0.351 e. The van der Waals surface area contributed by atoms with Gasteiger partial charge in [0.15, 0.2) is 0 Å². The van der Waals surface area contributed by atoms with Crippen LogP contribution in [0.2, 0.25) is 0 Å². The first-order chi connectivity index (χ1) is 9.27. The van der Waals surface area contributed by atoms with Crippen molar-refractivity contribution in [2.24, 2.45) is 5.41 Å². The third-order valence-corrected chi connectivity index (χ3v) is 5.84. The van der Waals surface area contributed by atoms with E-state index in [1.54, 1.807) is 0 Å². The standard InChI is InChI=1S/C13H15BrClNO3S/c1-2-13(5-6-13)8-16-12(17)10-7-9(20(15,18)19)3-4-11(10)14/h3-4,7H,2,5-6,8H2,1H3,(H,16,17). The molecule has 4 nitrogen and oxygen atoms in total. The SMILES string of the molecule is CCC1(CNC(=O)c2cc(S(=O)(=O)Cl)ccc2Br)CC1. The van der Waals surface area contributed by atoms with Crippen LogP contribution in [0.4, 0.5) is 0 Å². The van der Waals surface area contributed by atoms with Gasteiger partial charge < -0.3 is 5.32 Å². The highest BCUT2D eigenvalue weighted by Crippen LogP contribution is 2.47. The minimum atomic E-state index is -3.84. The summed E-state index contributed by atoms with van der Waals surface area (Å²) in [6.07, 6.45) is 3.28. The molecule has 7 heteroatoms. The predicted octanol–water partition coefficient (Wildman–Crippen LogP) is 3.30. The summed E-state index contributed by atoms with van der Waals surface area (Å²) >= 11 is 3.25. The number of carbonyl (C=O) groups excluding carboxylic acids is 1. The second-order valence-corrected chi connectivity index (χ2v) is 8.54. The van der Waals surface area contributed by atoms with Crippen molar-refractivity contribution < 1.29 is 13.2 Å². The second-order valence-electron chi connectivity index (χ2n) is 5.12. The molecule has 0 bridgehead atoms. The van der Waals surface area contributed by atoms with E-state index in [4.69, 9.17) is 10.7 Å². The van der Waals surface area contributed by atoms with Crippen LogP contribution in [0.1, 0.15) is 36.5 Å². The van der Waals surface area contributed by atoms with Gasteiger partial charge in [0.1, 0.15) is 0 Å². The normalized spacial score (nSPS) is 16.8. The average Bonchev–Trinajstić information content (AvgIpc) is 3.16. The number of benzene rings is 1. The molecule has 2 rings (SSSR count). The molecular formula is C13H15BrClNO3S. The number of rotatable bonds is 5. The highest BCUT2D eigenvalue weighted by molar-refractivity contribution is 9.10. The van der Waals surface area contributed by atoms with Gasteiger partial charge in [0.05, 0.1) is 10.5 Å². The van der Waals surface area contributed by atoms with Crippen LogP contribution in [0.15, 0.2) is 27.6 Å². The molecule has 0 unspecified atom stereocenters. The minimum absolute atomic E-state index is 0.0795. The molecule has 0 atom stereocenters. The van der Waals surface area contributed by atoms with Crippen molar-refractivity contribution in [2.45, 2.75) is 31.1 Å². The van der Waals surface area contributed by atoms with Crippen molar-refractivity contribution in [1.29, 1.82) is 0 Å². The largest absolute Gasteiger partial charge is 0.351 e. The fourth-order valence-electron chi connectivity index (χ4n) is 2.03. The summed E-state index contributed by atoms with van der Waals surface area (Å²) in [7, 11) is 1.45. The Hall–Kier alpha value is -0.590. The van der Waals surface area contributed by atoms with E-state index in [0.29, 0.717) is 11.0 Å². The van der Waals surface area contributed by atoms with E-state index in [9.17, 15) is 13.2 Å². The van der Waals surface area contributed by atoms with Crippen LogP contribution in [0, 0.1) is 5.41 Å². The third kappa shape index (κ3) is 3.54. The summed E-state index contributed by atoms with van der Waals surface area (Å²) in [4.78, 5) is 12.1. The van der Waals surface area contributed by atoms with Gasteiger partial charge in [-0.05, 0) is 58.8 Å². The van der Waals surface area contributed by atoms with E-state index in [-0.39, 0.29) is 21.8 Å². The Morgan fingerprint density at radius 1 is 1.45 bits per heavy atom. The van der Waals surface area contributed by atoms with Crippen LogP contribution in [0.5, 0.6) is 0 Å². The smallest absolute Gasteiger partial charge is 0.261 e. The fraction of sp³-hybridized carbons (Fsp3) is 0.462. The zero-order valence-corrected chi connectivity index (χ0v) is 14.1. The van der Waals surface area contributed by atoms with Crippen LogP contribution >= 0.6 is 26.6 Å². The monoisotopic (exact) mass is 379 g/mol. The number of halogens is 2. The lowest BCUT2D eigenvalue weighted by atomic mass is 10.0. The van der Waals surface area contributed by atoms with Crippen LogP contribution in [0.3, 0.4) is 0 Å². The molecule has 0 aromatic heterocycles. The molecule has 0 spiro atoms. The van der Waals surface area contributed by atoms with Gasteiger partial charge in [0, 0.05) is 21.7 Å². The summed E-state index contributed by atoms with van der Waals surface area (Å²) < 4.78 is 23.2. The molecule has 110 valence electrons. The van der Waals surface area contributed by atoms with Gasteiger partial charge in [-0.25, -0.2) is 8.42 Å². The molecule has 1 aliphatic rings. The van der Waals surface area contributed by atoms with Crippen molar-refractivity contribution >= 4 is 41.6 Å². The maximum atomic E-state index is 12.2. The quantitative estimate of drug-likeness (QED) is 0.797.